The Morgan fingerprint density at radius 3 is 2.38 bits per heavy atom. The molecule has 1 aliphatic heterocycles. The predicted octanol–water partition coefficient (Wildman–Crippen LogP) is 2.21. The van der Waals surface area contributed by atoms with Crippen molar-refractivity contribution in [3.05, 3.63) is 69.7 Å². The van der Waals surface area contributed by atoms with Gasteiger partial charge in [-0.3, -0.25) is 0 Å². The highest BCUT2D eigenvalue weighted by atomic mass is 35.5. The summed E-state index contributed by atoms with van der Waals surface area (Å²) >= 11 is 6.37. The first-order valence-corrected chi connectivity index (χ1v) is 9.99. The van der Waals surface area contributed by atoms with Gasteiger partial charge in [-0.05, 0) is 41.3 Å². The molecular formula is C23H25ClO5. The lowest BCUT2D eigenvalue weighted by Crippen LogP contribution is -2.55. The van der Waals surface area contributed by atoms with Crippen molar-refractivity contribution in [2.75, 3.05) is 6.61 Å². The summed E-state index contributed by atoms with van der Waals surface area (Å²) in [6.07, 6.45) is -4.57. The van der Waals surface area contributed by atoms with Crippen molar-refractivity contribution in [3.63, 3.8) is 0 Å². The quantitative estimate of drug-likeness (QED) is 0.574. The average Bonchev–Trinajstić information content (AvgIpc) is 2.73. The maximum Gasteiger partial charge on any atom is 0.113 e. The fourth-order valence-corrected chi connectivity index (χ4v) is 3.58. The van der Waals surface area contributed by atoms with Gasteiger partial charge in [0.2, 0.25) is 0 Å². The minimum atomic E-state index is -1.41. The van der Waals surface area contributed by atoms with E-state index >= 15 is 0 Å². The Morgan fingerprint density at radius 1 is 1.00 bits per heavy atom. The maximum absolute atomic E-state index is 10.4. The maximum atomic E-state index is 10.4. The molecule has 0 spiro atoms. The Labute approximate surface area is 175 Å². The third-order valence-electron chi connectivity index (χ3n) is 5.05. The summed E-state index contributed by atoms with van der Waals surface area (Å²) in [4.78, 5) is 0. The Bertz CT molecular complexity index is 884. The van der Waals surface area contributed by atoms with Gasteiger partial charge in [0.1, 0.15) is 30.5 Å². The molecule has 3 rings (SSSR count). The van der Waals surface area contributed by atoms with Gasteiger partial charge in [0.05, 0.1) is 6.61 Å². The molecule has 5 nitrogen and oxygen atoms in total. The van der Waals surface area contributed by atoms with Gasteiger partial charge in [0.25, 0.3) is 0 Å². The number of aliphatic hydroxyl groups excluding tert-OH is 4. The Balaban J connectivity index is 1.82. The van der Waals surface area contributed by atoms with E-state index in [4.69, 9.17) is 16.3 Å². The number of rotatable bonds is 4. The van der Waals surface area contributed by atoms with Gasteiger partial charge < -0.3 is 25.2 Å². The highest BCUT2D eigenvalue weighted by molar-refractivity contribution is 6.31. The number of ether oxygens (including phenoxy) is 1. The molecule has 1 fully saturated rings. The summed E-state index contributed by atoms with van der Waals surface area (Å²) in [5, 5.41) is 40.3. The van der Waals surface area contributed by atoms with Crippen molar-refractivity contribution in [3.8, 4) is 11.8 Å². The van der Waals surface area contributed by atoms with E-state index < -0.39 is 37.1 Å². The summed E-state index contributed by atoms with van der Waals surface area (Å²) in [5.74, 6) is 6.13. The van der Waals surface area contributed by atoms with Crippen LogP contribution in [0.3, 0.4) is 0 Å². The second kappa shape index (κ2) is 9.73. The molecule has 2 aromatic carbocycles. The van der Waals surface area contributed by atoms with Crippen LogP contribution in [0.2, 0.25) is 5.02 Å². The smallest absolute Gasteiger partial charge is 0.113 e. The van der Waals surface area contributed by atoms with Crippen LogP contribution in [-0.2, 0) is 11.2 Å². The summed E-state index contributed by atoms with van der Waals surface area (Å²) in [6.45, 7) is 1.54. The lowest BCUT2D eigenvalue weighted by Gasteiger charge is -2.40. The zero-order chi connectivity index (χ0) is 21.0. The van der Waals surface area contributed by atoms with E-state index in [9.17, 15) is 20.4 Å². The van der Waals surface area contributed by atoms with E-state index in [-0.39, 0.29) is 0 Å². The SMILES string of the molecule is CCC#Cc1ccc(Cc2cc([C@@H]3O[C@H](CO)[C@@H](O)[C@H](O)[C@H]3O)ccc2Cl)cc1. The van der Waals surface area contributed by atoms with E-state index in [1.807, 2.05) is 37.3 Å². The standard InChI is InChI=1S/C23H25ClO5/c1-2-3-4-14-5-7-15(8-6-14)11-17-12-16(9-10-18(17)24)23-22(28)21(27)20(26)19(13-25)29-23/h5-10,12,19-23,25-28H,2,11,13H2,1H3/t19-,20-,21+,22-,23+/m1/s1. The lowest BCUT2D eigenvalue weighted by molar-refractivity contribution is -0.231. The van der Waals surface area contributed by atoms with E-state index in [2.05, 4.69) is 11.8 Å². The largest absolute Gasteiger partial charge is 0.394 e. The normalized spacial score (nSPS) is 26.6. The van der Waals surface area contributed by atoms with E-state index in [0.717, 1.165) is 23.1 Å². The molecule has 0 unspecified atom stereocenters. The minimum Gasteiger partial charge on any atom is -0.394 e. The number of hydrogen-bond donors (Lipinski definition) is 4. The second-order valence-electron chi connectivity index (χ2n) is 7.13. The van der Waals surface area contributed by atoms with Gasteiger partial charge in [0, 0.05) is 17.0 Å². The molecule has 4 N–H and O–H groups in total. The molecule has 0 bridgehead atoms. The summed E-state index contributed by atoms with van der Waals surface area (Å²) in [7, 11) is 0. The van der Waals surface area contributed by atoms with Crippen molar-refractivity contribution in [2.24, 2.45) is 0 Å². The molecule has 0 saturated carbocycles. The van der Waals surface area contributed by atoms with Crippen LogP contribution in [0.15, 0.2) is 42.5 Å². The molecule has 0 amide bonds. The predicted molar refractivity (Wildman–Crippen MR) is 111 cm³/mol. The monoisotopic (exact) mass is 416 g/mol. The van der Waals surface area contributed by atoms with Gasteiger partial charge in [-0.25, -0.2) is 0 Å². The summed E-state index contributed by atoms with van der Waals surface area (Å²) in [6, 6.07) is 13.2. The summed E-state index contributed by atoms with van der Waals surface area (Å²) < 4.78 is 5.65. The molecule has 6 heteroatoms. The zero-order valence-corrected chi connectivity index (χ0v) is 16.9. The van der Waals surface area contributed by atoms with Crippen LogP contribution in [-0.4, -0.2) is 51.4 Å². The fraction of sp³-hybridized carbons (Fsp3) is 0.391. The molecule has 1 saturated heterocycles. The highest BCUT2D eigenvalue weighted by Crippen LogP contribution is 2.34. The van der Waals surface area contributed by atoms with Crippen LogP contribution in [0, 0.1) is 11.8 Å². The summed E-state index contributed by atoms with van der Waals surface area (Å²) in [5.41, 5.74) is 3.47. The molecule has 1 aliphatic rings. The van der Waals surface area contributed by atoms with Crippen molar-refractivity contribution in [1.82, 2.24) is 0 Å². The van der Waals surface area contributed by atoms with Crippen LogP contribution in [0.4, 0.5) is 0 Å². The molecule has 0 aromatic heterocycles. The van der Waals surface area contributed by atoms with Crippen molar-refractivity contribution < 1.29 is 25.2 Å². The first-order chi connectivity index (χ1) is 13.9. The van der Waals surface area contributed by atoms with Crippen LogP contribution in [0.5, 0.6) is 0 Å². The van der Waals surface area contributed by atoms with Crippen LogP contribution in [0.1, 0.15) is 41.7 Å². The van der Waals surface area contributed by atoms with Gasteiger partial charge in [-0.15, -0.1) is 0 Å². The Kier molecular flexibility index (Phi) is 7.31. The molecule has 5 atom stereocenters. The Morgan fingerprint density at radius 2 is 1.72 bits per heavy atom. The molecule has 0 radical (unpaired) electrons. The van der Waals surface area contributed by atoms with E-state index in [0.29, 0.717) is 17.0 Å². The number of hydrogen-bond acceptors (Lipinski definition) is 5. The first kappa shape index (κ1) is 21.8. The van der Waals surface area contributed by atoms with Gasteiger partial charge in [0.15, 0.2) is 0 Å². The topological polar surface area (TPSA) is 90.2 Å². The average molecular weight is 417 g/mol. The van der Waals surface area contributed by atoms with Crippen LogP contribution < -0.4 is 0 Å². The molecule has 154 valence electrons. The molecule has 2 aromatic rings. The van der Waals surface area contributed by atoms with E-state index in [1.54, 1.807) is 12.1 Å². The van der Waals surface area contributed by atoms with Crippen LogP contribution in [0.25, 0.3) is 0 Å². The second-order valence-corrected chi connectivity index (χ2v) is 7.54. The van der Waals surface area contributed by atoms with Gasteiger partial charge in [-0.2, -0.15) is 0 Å². The number of halogens is 1. The molecule has 0 aliphatic carbocycles. The first-order valence-electron chi connectivity index (χ1n) is 9.61. The highest BCUT2D eigenvalue weighted by Gasteiger charge is 2.43. The van der Waals surface area contributed by atoms with Gasteiger partial charge >= 0.3 is 0 Å². The van der Waals surface area contributed by atoms with Crippen molar-refractivity contribution in [2.45, 2.75) is 50.3 Å². The minimum absolute atomic E-state index is 0.463. The fourth-order valence-electron chi connectivity index (χ4n) is 3.40. The third-order valence-corrected chi connectivity index (χ3v) is 5.42. The zero-order valence-electron chi connectivity index (χ0n) is 16.1. The molecule has 1 heterocycles. The number of aliphatic hydroxyl groups is 4. The van der Waals surface area contributed by atoms with Crippen LogP contribution >= 0.6 is 11.6 Å². The van der Waals surface area contributed by atoms with Crippen molar-refractivity contribution >= 4 is 11.6 Å². The van der Waals surface area contributed by atoms with E-state index in [1.165, 1.54) is 0 Å². The molecular weight excluding hydrogens is 392 g/mol. The molecule has 29 heavy (non-hydrogen) atoms. The lowest BCUT2D eigenvalue weighted by atomic mass is 9.90. The van der Waals surface area contributed by atoms with Gasteiger partial charge in [-0.1, -0.05) is 54.6 Å². The van der Waals surface area contributed by atoms with Crippen molar-refractivity contribution in [1.29, 1.82) is 0 Å². The Hall–Kier alpha value is -1.91. The third kappa shape index (κ3) is 4.99. The number of benzene rings is 2.